The average Bonchev–Trinajstić information content (AvgIpc) is 3.35. The maximum absolute atomic E-state index is 13.5. The zero-order chi connectivity index (χ0) is 18.4. The predicted octanol–water partition coefficient (Wildman–Crippen LogP) is 0.575. The molecule has 0 aromatic heterocycles. The van der Waals surface area contributed by atoms with Crippen LogP contribution < -0.4 is 0 Å². The molecule has 1 aromatic rings. The van der Waals surface area contributed by atoms with Crippen molar-refractivity contribution in [2.45, 2.75) is 36.1 Å². The number of aliphatic hydroxyl groups is 2. The van der Waals surface area contributed by atoms with Gasteiger partial charge in [0.25, 0.3) is 0 Å². The van der Waals surface area contributed by atoms with Crippen LogP contribution in [-0.2, 0) is 19.2 Å². The molecule has 4 atom stereocenters. The minimum Gasteiger partial charge on any atom is -0.479 e. The number of ether oxygens (including phenoxy) is 1. The number of hydrogen-bond donors (Lipinski definition) is 3. The zero-order valence-electron chi connectivity index (χ0n) is 13.4. The van der Waals surface area contributed by atoms with Crippen LogP contribution in [0.15, 0.2) is 29.2 Å². The number of halogens is 1. The van der Waals surface area contributed by atoms with Crippen LogP contribution in [0.1, 0.15) is 12.8 Å². The lowest BCUT2D eigenvalue weighted by molar-refractivity contribution is -0.160. The Labute approximate surface area is 150 Å². The van der Waals surface area contributed by atoms with E-state index in [1.165, 1.54) is 4.31 Å². The molecule has 1 aromatic carbocycles. The van der Waals surface area contributed by atoms with Crippen molar-refractivity contribution in [3.63, 3.8) is 0 Å². The van der Waals surface area contributed by atoms with E-state index in [-0.39, 0.29) is 13.2 Å². The van der Waals surface area contributed by atoms with Gasteiger partial charge in [-0.05, 0) is 43.0 Å². The molecule has 0 radical (unpaired) electrons. The third kappa shape index (κ3) is 3.18. The van der Waals surface area contributed by atoms with E-state index in [9.17, 15) is 24.3 Å². The van der Waals surface area contributed by atoms with E-state index in [1.807, 2.05) is 0 Å². The van der Waals surface area contributed by atoms with Gasteiger partial charge in [0, 0.05) is 15.3 Å². The van der Waals surface area contributed by atoms with Gasteiger partial charge in [0.05, 0.1) is 29.0 Å². The first-order valence-corrected chi connectivity index (χ1v) is 9.84. The van der Waals surface area contributed by atoms with Gasteiger partial charge in [0.1, 0.15) is 6.23 Å². The van der Waals surface area contributed by atoms with Gasteiger partial charge in [-0.25, -0.2) is 9.00 Å². The second kappa shape index (κ2) is 6.53. The largest absolute Gasteiger partial charge is 0.479 e. The van der Waals surface area contributed by atoms with Crippen LogP contribution in [-0.4, -0.2) is 67.3 Å². The lowest BCUT2D eigenvalue weighted by Crippen LogP contribution is -2.60. The van der Waals surface area contributed by atoms with Crippen molar-refractivity contribution >= 4 is 33.1 Å². The Morgan fingerprint density at radius 2 is 1.96 bits per heavy atom. The lowest BCUT2D eigenvalue weighted by Gasteiger charge is -2.45. The molecule has 2 fully saturated rings. The molecule has 2 unspecified atom stereocenters. The second-order valence-corrected chi connectivity index (χ2v) is 9.07. The van der Waals surface area contributed by atoms with Gasteiger partial charge in [0.2, 0.25) is 0 Å². The first-order chi connectivity index (χ1) is 11.7. The Morgan fingerprint density at radius 1 is 1.36 bits per heavy atom. The third-order valence-corrected chi connectivity index (χ3v) is 7.38. The number of hydrogen-bond acceptors (Lipinski definition) is 5. The van der Waals surface area contributed by atoms with Crippen LogP contribution in [0.2, 0.25) is 5.02 Å². The van der Waals surface area contributed by atoms with Crippen LogP contribution >= 0.6 is 11.6 Å². The first-order valence-electron chi connectivity index (χ1n) is 7.78. The highest BCUT2D eigenvalue weighted by atomic mass is 35.5. The van der Waals surface area contributed by atoms with Crippen LogP contribution in [0.5, 0.6) is 0 Å². The van der Waals surface area contributed by atoms with Gasteiger partial charge in [-0.15, -0.1) is 0 Å². The smallest absolute Gasteiger partial charge is 0.333 e. The highest BCUT2D eigenvalue weighted by Crippen LogP contribution is 2.55. The Balaban J connectivity index is 2.01. The van der Waals surface area contributed by atoms with Gasteiger partial charge in [-0.3, -0.25) is 0 Å². The fraction of sp³-hybridized carbons (Fsp3) is 0.500. The highest BCUT2D eigenvalue weighted by molar-refractivity contribution is 7.98. The molecular weight excluding hydrogens is 370 g/mol. The number of rotatable bonds is 5. The van der Waals surface area contributed by atoms with Gasteiger partial charge < -0.3 is 20.1 Å². The molecule has 0 spiro atoms. The summed E-state index contributed by atoms with van der Waals surface area (Å²) in [7, 11) is -3.14. The Kier molecular flexibility index (Phi) is 4.87. The highest BCUT2D eigenvalue weighted by Gasteiger charge is 2.61. The predicted molar refractivity (Wildman–Crippen MR) is 92.7 cm³/mol. The van der Waals surface area contributed by atoms with E-state index in [0.717, 1.165) is 0 Å². The molecule has 1 aliphatic heterocycles. The Bertz CT molecular complexity index is 761. The van der Waals surface area contributed by atoms with Crippen molar-refractivity contribution < 1.29 is 29.1 Å². The molecule has 0 bridgehead atoms. The number of carboxylic acids is 1. The SMILES string of the molecule is C=S(=O)(c1ccc(Cl)cc1)N1[C@H](O)COC[C@@H]1C1(C(O)C(=O)O)CC1. The Morgan fingerprint density at radius 3 is 2.48 bits per heavy atom. The van der Waals surface area contributed by atoms with Gasteiger partial charge in [0.15, 0.2) is 6.10 Å². The number of nitrogens with zero attached hydrogens (tertiary/aromatic N) is 1. The summed E-state index contributed by atoms with van der Waals surface area (Å²) in [6.07, 6.45) is -1.98. The van der Waals surface area contributed by atoms with Crippen molar-refractivity contribution in [1.29, 1.82) is 0 Å². The summed E-state index contributed by atoms with van der Waals surface area (Å²) in [6.45, 7) is -0.0165. The van der Waals surface area contributed by atoms with Crippen LogP contribution in [0.25, 0.3) is 0 Å². The third-order valence-electron chi connectivity index (χ3n) is 4.94. The molecule has 9 heteroatoms. The topological polar surface area (TPSA) is 107 Å². The van der Waals surface area contributed by atoms with Gasteiger partial charge in [-0.2, -0.15) is 4.31 Å². The Hall–Kier alpha value is -1.16. The standard InChI is InChI=1S/C16H20ClNO6S/c1-25(23,11-4-2-10(17)3-5-11)18-12(8-24-9-13(18)19)16(6-7-16)14(20)15(21)22/h2-5,12-14,19-20H,1,6-9H2,(H,21,22)/t12-,13-,14?,25?/m1/s1. The van der Waals surface area contributed by atoms with E-state index in [1.54, 1.807) is 24.3 Å². The summed E-state index contributed by atoms with van der Waals surface area (Å²) in [4.78, 5) is 11.7. The van der Waals surface area contributed by atoms with Crippen molar-refractivity contribution in [2.75, 3.05) is 13.2 Å². The summed E-state index contributed by atoms with van der Waals surface area (Å²) < 4.78 is 20.1. The van der Waals surface area contributed by atoms with E-state index in [4.69, 9.17) is 16.3 Å². The molecule has 25 heavy (non-hydrogen) atoms. The molecule has 1 aliphatic carbocycles. The molecule has 1 saturated heterocycles. The summed E-state index contributed by atoms with van der Waals surface area (Å²) >= 11 is 5.87. The fourth-order valence-electron chi connectivity index (χ4n) is 3.41. The number of benzene rings is 1. The molecule has 1 heterocycles. The molecule has 0 amide bonds. The molecule has 138 valence electrons. The minimum atomic E-state index is -3.14. The fourth-order valence-corrected chi connectivity index (χ4v) is 5.48. The van der Waals surface area contributed by atoms with Crippen LogP contribution in [0, 0.1) is 5.41 Å². The maximum Gasteiger partial charge on any atom is 0.333 e. The van der Waals surface area contributed by atoms with E-state index < -0.39 is 39.5 Å². The quantitative estimate of drug-likeness (QED) is 0.636. The summed E-state index contributed by atoms with van der Waals surface area (Å²) in [5.41, 5.74) is -1.01. The number of carboxylic acid groups (broad SMARTS) is 1. The lowest BCUT2D eigenvalue weighted by atomic mass is 9.89. The average molecular weight is 390 g/mol. The summed E-state index contributed by atoms with van der Waals surface area (Å²) in [6, 6.07) is 5.53. The molecule has 2 aliphatic rings. The molecule has 7 nitrogen and oxygen atoms in total. The van der Waals surface area contributed by atoms with Crippen molar-refractivity contribution in [3.05, 3.63) is 29.3 Å². The van der Waals surface area contributed by atoms with Gasteiger partial charge in [-0.1, -0.05) is 11.6 Å². The first kappa shape index (κ1) is 18.6. The van der Waals surface area contributed by atoms with E-state index >= 15 is 0 Å². The van der Waals surface area contributed by atoms with E-state index in [2.05, 4.69) is 5.87 Å². The summed E-state index contributed by atoms with van der Waals surface area (Å²) in [5, 5.41) is 30.3. The minimum absolute atomic E-state index is 0.0570. The summed E-state index contributed by atoms with van der Waals surface area (Å²) in [5.74, 6) is 2.46. The zero-order valence-corrected chi connectivity index (χ0v) is 14.9. The molecule has 3 rings (SSSR count). The van der Waals surface area contributed by atoms with Crippen molar-refractivity contribution in [2.24, 2.45) is 5.41 Å². The van der Waals surface area contributed by atoms with Crippen LogP contribution in [0.3, 0.4) is 0 Å². The molecule has 3 N–H and O–H groups in total. The molecular formula is C16H20ClNO6S. The second-order valence-electron chi connectivity index (χ2n) is 6.46. The van der Waals surface area contributed by atoms with Crippen LogP contribution in [0.4, 0.5) is 0 Å². The number of carbonyl (C=O) groups is 1. The van der Waals surface area contributed by atoms with Gasteiger partial charge >= 0.3 is 5.97 Å². The number of morpholine rings is 1. The maximum atomic E-state index is 13.5. The van der Waals surface area contributed by atoms with E-state index in [0.29, 0.717) is 22.8 Å². The monoisotopic (exact) mass is 389 g/mol. The number of aliphatic carboxylic acids is 1. The number of aliphatic hydroxyl groups excluding tert-OH is 2. The van der Waals surface area contributed by atoms with Crippen molar-refractivity contribution in [1.82, 2.24) is 4.31 Å². The molecule has 1 saturated carbocycles. The normalized spacial score (nSPS) is 29.6. The van der Waals surface area contributed by atoms with Crippen molar-refractivity contribution in [3.8, 4) is 0 Å².